The number of hydrogen-bond donors (Lipinski definition) is 1. The van der Waals surface area contributed by atoms with Crippen LogP contribution in [0.5, 0.6) is 5.75 Å². The number of nitrogens with zero attached hydrogens (tertiary/aromatic N) is 2. The number of aromatic nitrogens is 2. The van der Waals surface area contributed by atoms with Gasteiger partial charge in [0.05, 0.1) is 11.0 Å². The Morgan fingerprint density at radius 2 is 2.00 bits per heavy atom. The minimum atomic E-state index is 0.280. The van der Waals surface area contributed by atoms with Crippen LogP contribution in [0.3, 0.4) is 0 Å². The van der Waals surface area contributed by atoms with Crippen LogP contribution in [-0.4, -0.2) is 14.7 Å². The number of rotatable bonds is 3. The molecule has 4 heteroatoms. The SMILES string of the molecule is CC(C)n1c(Cc2cccc(O)c2)nc2ccc(Cl)cc21. The number of fused-ring (bicyclic) bond motifs is 1. The molecule has 3 nitrogen and oxygen atoms in total. The van der Waals surface area contributed by atoms with Crippen molar-refractivity contribution in [2.75, 3.05) is 0 Å². The van der Waals surface area contributed by atoms with Gasteiger partial charge in [-0.1, -0.05) is 23.7 Å². The van der Waals surface area contributed by atoms with Gasteiger partial charge in [-0.05, 0) is 49.7 Å². The van der Waals surface area contributed by atoms with Gasteiger partial charge >= 0.3 is 0 Å². The quantitative estimate of drug-likeness (QED) is 0.769. The fourth-order valence-electron chi connectivity index (χ4n) is 2.67. The first-order valence-electron chi connectivity index (χ1n) is 6.99. The Kier molecular flexibility index (Phi) is 3.60. The molecule has 2 aromatic carbocycles. The van der Waals surface area contributed by atoms with Gasteiger partial charge in [0.2, 0.25) is 0 Å². The van der Waals surface area contributed by atoms with E-state index in [1.165, 1.54) is 0 Å². The Morgan fingerprint density at radius 1 is 1.19 bits per heavy atom. The summed E-state index contributed by atoms with van der Waals surface area (Å²) in [7, 11) is 0. The van der Waals surface area contributed by atoms with Gasteiger partial charge in [-0.3, -0.25) is 0 Å². The van der Waals surface area contributed by atoms with E-state index >= 15 is 0 Å². The van der Waals surface area contributed by atoms with Gasteiger partial charge in [0, 0.05) is 17.5 Å². The predicted octanol–water partition coefficient (Wildman–Crippen LogP) is 4.57. The molecule has 21 heavy (non-hydrogen) atoms. The van der Waals surface area contributed by atoms with Gasteiger partial charge in [-0.2, -0.15) is 0 Å². The highest BCUT2D eigenvalue weighted by Crippen LogP contribution is 2.26. The zero-order valence-corrected chi connectivity index (χ0v) is 12.8. The summed E-state index contributed by atoms with van der Waals surface area (Å²) in [4.78, 5) is 4.72. The van der Waals surface area contributed by atoms with Crippen molar-refractivity contribution < 1.29 is 5.11 Å². The van der Waals surface area contributed by atoms with E-state index in [0.29, 0.717) is 17.5 Å². The summed E-state index contributed by atoms with van der Waals surface area (Å²) >= 11 is 6.11. The normalized spacial score (nSPS) is 11.4. The molecule has 3 rings (SSSR count). The second-order valence-electron chi connectivity index (χ2n) is 5.47. The van der Waals surface area contributed by atoms with Crippen LogP contribution in [0.15, 0.2) is 42.5 Å². The van der Waals surface area contributed by atoms with Crippen molar-refractivity contribution in [3.63, 3.8) is 0 Å². The number of aromatic hydroxyl groups is 1. The predicted molar refractivity (Wildman–Crippen MR) is 86.0 cm³/mol. The number of phenols is 1. The third-order valence-electron chi connectivity index (χ3n) is 3.51. The average molecular weight is 301 g/mol. The van der Waals surface area contributed by atoms with Crippen LogP contribution < -0.4 is 0 Å². The molecular weight excluding hydrogens is 284 g/mol. The fraction of sp³-hybridized carbons (Fsp3) is 0.235. The van der Waals surface area contributed by atoms with E-state index in [1.807, 2.05) is 30.3 Å². The second-order valence-corrected chi connectivity index (χ2v) is 5.91. The van der Waals surface area contributed by atoms with Crippen LogP contribution in [0.4, 0.5) is 0 Å². The molecule has 1 N–H and O–H groups in total. The van der Waals surface area contributed by atoms with Crippen molar-refractivity contribution in [2.24, 2.45) is 0 Å². The molecule has 0 fully saturated rings. The zero-order chi connectivity index (χ0) is 15.0. The molecule has 1 aromatic heterocycles. The largest absolute Gasteiger partial charge is 0.508 e. The highest BCUT2D eigenvalue weighted by molar-refractivity contribution is 6.31. The molecule has 0 aliphatic carbocycles. The standard InChI is InChI=1S/C17H17ClN2O/c1-11(2)20-16-10-13(18)6-7-15(16)19-17(20)9-12-4-3-5-14(21)8-12/h3-8,10-11,21H,9H2,1-2H3. The maximum absolute atomic E-state index is 9.60. The Labute approximate surface area is 128 Å². The van der Waals surface area contributed by atoms with Crippen LogP contribution in [0, 0.1) is 0 Å². The van der Waals surface area contributed by atoms with E-state index < -0.39 is 0 Å². The molecule has 0 bridgehead atoms. The molecule has 0 saturated heterocycles. The van der Waals surface area contributed by atoms with E-state index in [2.05, 4.69) is 18.4 Å². The lowest BCUT2D eigenvalue weighted by Crippen LogP contribution is -2.06. The van der Waals surface area contributed by atoms with Gasteiger partial charge < -0.3 is 9.67 Å². The molecule has 1 heterocycles. The van der Waals surface area contributed by atoms with E-state index in [1.54, 1.807) is 12.1 Å². The van der Waals surface area contributed by atoms with E-state index in [-0.39, 0.29) is 5.75 Å². The highest BCUT2D eigenvalue weighted by Gasteiger charge is 2.14. The topological polar surface area (TPSA) is 38.0 Å². The minimum absolute atomic E-state index is 0.280. The Hall–Kier alpha value is -2.00. The summed E-state index contributed by atoms with van der Waals surface area (Å²) < 4.78 is 2.20. The summed E-state index contributed by atoms with van der Waals surface area (Å²) in [5, 5.41) is 10.3. The van der Waals surface area contributed by atoms with Crippen LogP contribution in [0.25, 0.3) is 11.0 Å². The van der Waals surface area contributed by atoms with Crippen molar-refractivity contribution in [3.8, 4) is 5.75 Å². The van der Waals surface area contributed by atoms with E-state index in [4.69, 9.17) is 16.6 Å². The summed E-state index contributed by atoms with van der Waals surface area (Å²) in [6.07, 6.45) is 0.679. The van der Waals surface area contributed by atoms with Gasteiger partial charge in [0.15, 0.2) is 0 Å². The molecule has 0 aliphatic heterocycles. The van der Waals surface area contributed by atoms with Crippen molar-refractivity contribution in [2.45, 2.75) is 26.3 Å². The fourth-order valence-corrected chi connectivity index (χ4v) is 2.83. The third kappa shape index (κ3) is 2.74. The lowest BCUT2D eigenvalue weighted by Gasteiger charge is -2.13. The van der Waals surface area contributed by atoms with Crippen molar-refractivity contribution in [3.05, 3.63) is 58.9 Å². The van der Waals surface area contributed by atoms with Gasteiger partial charge in [-0.25, -0.2) is 4.98 Å². The monoisotopic (exact) mass is 300 g/mol. The molecule has 0 spiro atoms. The molecule has 0 aliphatic rings. The summed E-state index contributed by atoms with van der Waals surface area (Å²) in [6.45, 7) is 4.27. The Bertz CT molecular complexity index is 793. The molecule has 3 aromatic rings. The van der Waals surface area contributed by atoms with Crippen molar-refractivity contribution in [1.82, 2.24) is 9.55 Å². The van der Waals surface area contributed by atoms with E-state index in [0.717, 1.165) is 22.4 Å². The van der Waals surface area contributed by atoms with Crippen molar-refractivity contribution >= 4 is 22.6 Å². The van der Waals surface area contributed by atoms with Crippen LogP contribution >= 0.6 is 11.6 Å². The summed E-state index contributed by atoms with van der Waals surface area (Å²) in [6, 6.07) is 13.4. The molecular formula is C17H17ClN2O. The minimum Gasteiger partial charge on any atom is -0.508 e. The first kappa shape index (κ1) is 14.0. The number of benzene rings is 2. The van der Waals surface area contributed by atoms with Crippen LogP contribution in [0.1, 0.15) is 31.3 Å². The Morgan fingerprint density at radius 3 is 2.71 bits per heavy atom. The maximum Gasteiger partial charge on any atom is 0.115 e. The number of imidazole rings is 1. The second kappa shape index (κ2) is 5.41. The number of hydrogen-bond acceptors (Lipinski definition) is 2. The average Bonchev–Trinajstić information content (AvgIpc) is 2.75. The first-order valence-corrected chi connectivity index (χ1v) is 7.36. The molecule has 0 amide bonds. The lowest BCUT2D eigenvalue weighted by molar-refractivity contribution is 0.474. The molecule has 0 unspecified atom stereocenters. The number of halogens is 1. The van der Waals surface area contributed by atoms with Crippen LogP contribution in [-0.2, 0) is 6.42 Å². The van der Waals surface area contributed by atoms with Gasteiger partial charge in [0.1, 0.15) is 11.6 Å². The molecule has 0 saturated carbocycles. The maximum atomic E-state index is 9.60. The number of phenolic OH excluding ortho intramolecular Hbond substituents is 1. The van der Waals surface area contributed by atoms with Crippen LogP contribution in [0.2, 0.25) is 5.02 Å². The Balaban J connectivity index is 2.11. The summed E-state index contributed by atoms with van der Waals surface area (Å²) in [5.74, 6) is 1.26. The zero-order valence-electron chi connectivity index (χ0n) is 12.0. The summed E-state index contributed by atoms with van der Waals surface area (Å²) in [5.41, 5.74) is 3.04. The lowest BCUT2D eigenvalue weighted by atomic mass is 10.1. The van der Waals surface area contributed by atoms with E-state index in [9.17, 15) is 5.11 Å². The van der Waals surface area contributed by atoms with Crippen molar-refractivity contribution in [1.29, 1.82) is 0 Å². The van der Waals surface area contributed by atoms with Gasteiger partial charge in [0.25, 0.3) is 0 Å². The molecule has 0 atom stereocenters. The highest BCUT2D eigenvalue weighted by atomic mass is 35.5. The first-order chi connectivity index (χ1) is 10.0. The molecule has 108 valence electrons. The molecule has 0 radical (unpaired) electrons. The third-order valence-corrected chi connectivity index (χ3v) is 3.75. The smallest absolute Gasteiger partial charge is 0.115 e. The van der Waals surface area contributed by atoms with Gasteiger partial charge in [-0.15, -0.1) is 0 Å².